The average molecular weight is 215 g/mol. The number of anilines is 1. The van der Waals surface area contributed by atoms with Crippen LogP contribution in [0.1, 0.15) is 17.8 Å². The molecule has 0 amide bonds. The Morgan fingerprint density at radius 1 is 1.19 bits per heavy atom. The minimum absolute atomic E-state index is 0.827. The molecular formula is C13H17N3. The highest BCUT2D eigenvalue weighted by atomic mass is 15.0. The summed E-state index contributed by atoms with van der Waals surface area (Å²) in [5.41, 5.74) is 7.80. The second-order valence-electron chi connectivity index (χ2n) is 4.05. The van der Waals surface area contributed by atoms with Gasteiger partial charge in [-0.25, -0.2) is 4.98 Å². The highest BCUT2D eigenvalue weighted by Crippen LogP contribution is 2.09. The van der Waals surface area contributed by atoms with Crippen molar-refractivity contribution in [3.05, 3.63) is 48.0 Å². The van der Waals surface area contributed by atoms with Crippen LogP contribution in [-0.2, 0) is 19.9 Å². The maximum atomic E-state index is 5.64. The molecule has 1 aromatic carbocycles. The number of aryl methyl sites for hydroxylation is 3. The van der Waals surface area contributed by atoms with Gasteiger partial charge in [0.15, 0.2) is 0 Å². The summed E-state index contributed by atoms with van der Waals surface area (Å²) in [6.45, 7) is 0. The Hall–Kier alpha value is -1.77. The molecule has 2 N–H and O–H groups in total. The predicted octanol–water partition coefficient (Wildman–Crippen LogP) is 2.18. The van der Waals surface area contributed by atoms with Crippen LogP contribution < -0.4 is 5.73 Å². The third kappa shape index (κ3) is 2.63. The molecule has 16 heavy (non-hydrogen) atoms. The predicted molar refractivity (Wildman–Crippen MR) is 66.1 cm³/mol. The van der Waals surface area contributed by atoms with E-state index in [1.807, 2.05) is 31.6 Å². The molecular weight excluding hydrogens is 198 g/mol. The quantitative estimate of drug-likeness (QED) is 0.794. The number of nitrogens with two attached hydrogens (primary N) is 1. The van der Waals surface area contributed by atoms with E-state index < -0.39 is 0 Å². The SMILES string of the molecule is Cn1ccnc1CCCc1ccc(N)cc1. The van der Waals surface area contributed by atoms with Crippen molar-refractivity contribution in [1.29, 1.82) is 0 Å². The Morgan fingerprint density at radius 3 is 2.56 bits per heavy atom. The van der Waals surface area contributed by atoms with Crippen LogP contribution in [-0.4, -0.2) is 9.55 Å². The molecule has 1 aromatic heterocycles. The molecule has 0 aliphatic heterocycles. The normalized spacial score (nSPS) is 10.6. The highest BCUT2D eigenvalue weighted by molar-refractivity contribution is 5.39. The van der Waals surface area contributed by atoms with Crippen molar-refractivity contribution in [2.75, 3.05) is 5.73 Å². The molecule has 3 nitrogen and oxygen atoms in total. The summed E-state index contributed by atoms with van der Waals surface area (Å²) < 4.78 is 2.07. The molecule has 2 rings (SSSR count). The molecule has 0 atom stereocenters. The third-order valence-electron chi connectivity index (χ3n) is 2.77. The van der Waals surface area contributed by atoms with E-state index in [1.165, 1.54) is 5.56 Å². The van der Waals surface area contributed by atoms with Gasteiger partial charge in [0.2, 0.25) is 0 Å². The first-order valence-corrected chi connectivity index (χ1v) is 5.56. The maximum Gasteiger partial charge on any atom is 0.108 e. The van der Waals surface area contributed by atoms with E-state index in [-0.39, 0.29) is 0 Å². The monoisotopic (exact) mass is 215 g/mol. The van der Waals surface area contributed by atoms with Crippen LogP contribution in [0.3, 0.4) is 0 Å². The first kappa shape index (κ1) is 10.7. The fraction of sp³-hybridized carbons (Fsp3) is 0.308. The molecule has 1 heterocycles. The largest absolute Gasteiger partial charge is 0.399 e. The first-order chi connectivity index (χ1) is 7.75. The van der Waals surface area contributed by atoms with E-state index in [9.17, 15) is 0 Å². The van der Waals surface area contributed by atoms with E-state index in [4.69, 9.17) is 5.73 Å². The van der Waals surface area contributed by atoms with E-state index in [0.717, 1.165) is 30.8 Å². The van der Waals surface area contributed by atoms with Crippen molar-refractivity contribution in [3.63, 3.8) is 0 Å². The van der Waals surface area contributed by atoms with Crippen LogP contribution >= 0.6 is 0 Å². The Kier molecular flexibility index (Phi) is 3.25. The molecule has 3 heteroatoms. The maximum absolute atomic E-state index is 5.64. The summed E-state index contributed by atoms with van der Waals surface area (Å²) >= 11 is 0. The minimum Gasteiger partial charge on any atom is -0.399 e. The summed E-state index contributed by atoms with van der Waals surface area (Å²) in [6.07, 6.45) is 7.05. The van der Waals surface area contributed by atoms with Gasteiger partial charge in [-0.15, -0.1) is 0 Å². The van der Waals surface area contributed by atoms with E-state index in [2.05, 4.69) is 21.7 Å². The van der Waals surface area contributed by atoms with Crippen LogP contribution in [0, 0.1) is 0 Å². The third-order valence-corrected chi connectivity index (χ3v) is 2.77. The summed E-state index contributed by atoms with van der Waals surface area (Å²) in [5.74, 6) is 1.15. The zero-order chi connectivity index (χ0) is 11.4. The minimum atomic E-state index is 0.827. The molecule has 0 radical (unpaired) electrons. The van der Waals surface area contributed by atoms with Crippen LogP contribution in [0.15, 0.2) is 36.7 Å². The van der Waals surface area contributed by atoms with Crippen molar-refractivity contribution >= 4 is 5.69 Å². The standard InChI is InChI=1S/C13H17N3/c1-16-10-9-15-13(16)4-2-3-11-5-7-12(14)8-6-11/h5-10H,2-4,14H2,1H3. The van der Waals surface area contributed by atoms with Crippen molar-refractivity contribution in [1.82, 2.24) is 9.55 Å². The Bertz CT molecular complexity index is 442. The topological polar surface area (TPSA) is 43.8 Å². The van der Waals surface area contributed by atoms with Gasteiger partial charge in [-0.2, -0.15) is 0 Å². The Labute approximate surface area is 95.9 Å². The molecule has 0 bridgehead atoms. The zero-order valence-corrected chi connectivity index (χ0v) is 9.56. The molecule has 0 saturated heterocycles. The first-order valence-electron chi connectivity index (χ1n) is 5.56. The number of hydrogen-bond donors (Lipinski definition) is 1. The van der Waals surface area contributed by atoms with Gasteiger partial charge in [0.1, 0.15) is 5.82 Å². The molecule has 0 aliphatic rings. The van der Waals surface area contributed by atoms with Gasteiger partial charge in [0, 0.05) is 31.5 Å². The molecule has 0 unspecified atom stereocenters. The van der Waals surface area contributed by atoms with Gasteiger partial charge >= 0.3 is 0 Å². The number of nitrogens with zero attached hydrogens (tertiary/aromatic N) is 2. The van der Waals surface area contributed by atoms with Crippen LogP contribution in [0.25, 0.3) is 0 Å². The fourth-order valence-corrected chi connectivity index (χ4v) is 1.77. The van der Waals surface area contributed by atoms with Gasteiger partial charge in [-0.05, 0) is 30.5 Å². The Balaban J connectivity index is 1.84. The zero-order valence-electron chi connectivity index (χ0n) is 9.56. The molecule has 0 spiro atoms. The summed E-state index contributed by atoms with van der Waals surface area (Å²) in [5, 5.41) is 0. The van der Waals surface area contributed by atoms with Crippen molar-refractivity contribution in [2.45, 2.75) is 19.3 Å². The smallest absolute Gasteiger partial charge is 0.108 e. The van der Waals surface area contributed by atoms with Crippen LogP contribution in [0.2, 0.25) is 0 Å². The second-order valence-corrected chi connectivity index (χ2v) is 4.05. The van der Waals surface area contributed by atoms with Crippen molar-refractivity contribution < 1.29 is 0 Å². The van der Waals surface area contributed by atoms with E-state index in [0.29, 0.717) is 0 Å². The average Bonchev–Trinajstić information content (AvgIpc) is 2.68. The van der Waals surface area contributed by atoms with Gasteiger partial charge in [0.25, 0.3) is 0 Å². The van der Waals surface area contributed by atoms with Gasteiger partial charge < -0.3 is 10.3 Å². The lowest BCUT2D eigenvalue weighted by molar-refractivity contribution is 0.724. The summed E-state index contributed by atoms with van der Waals surface area (Å²) in [7, 11) is 2.03. The molecule has 84 valence electrons. The van der Waals surface area contributed by atoms with Gasteiger partial charge in [-0.3, -0.25) is 0 Å². The number of imidazole rings is 1. The molecule has 0 aliphatic carbocycles. The lowest BCUT2D eigenvalue weighted by Crippen LogP contribution is -1.98. The Morgan fingerprint density at radius 2 is 1.94 bits per heavy atom. The lowest BCUT2D eigenvalue weighted by atomic mass is 10.1. The summed E-state index contributed by atoms with van der Waals surface area (Å²) in [4.78, 5) is 4.30. The van der Waals surface area contributed by atoms with Crippen LogP contribution in [0.4, 0.5) is 5.69 Å². The number of aromatic nitrogens is 2. The van der Waals surface area contributed by atoms with Crippen molar-refractivity contribution in [2.24, 2.45) is 7.05 Å². The fourth-order valence-electron chi connectivity index (χ4n) is 1.77. The number of hydrogen-bond acceptors (Lipinski definition) is 2. The number of rotatable bonds is 4. The van der Waals surface area contributed by atoms with E-state index >= 15 is 0 Å². The van der Waals surface area contributed by atoms with Gasteiger partial charge in [0.05, 0.1) is 0 Å². The lowest BCUT2D eigenvalue weighted by Gasteiger charge is -2.03. The molecule has 2 aromatic rings. The highest BCUT2D eigenvalue weighted by Gasteiger charge is 1.99. The summed E-state index contributed by atoms with van der Waals surface area (Å²) in [6, 6.07) is 8.09. The second kappa shape index (κ2) is 4.84. The molecule has 0 saturated carbocycles. The number of nitrogen functional groups attached to an aromatic ring is 1. The molecule has 0 fully saturated rings. The van der Waals surface area contributed by atoms with Gasteiger partial charge in [-0.1, -0.05) is 12.1 Å². The van der Waals surface area contributed by atoms with E-state index in [1.54, 1.807) is 0 Å². The van der Waals surface area contributed by atoms with Crippen LogP contribution in [0.5, 0.6) is 0 Å². The number of benzene rings is 1. The van der Waals surface area contributed by atoms with Crippen molar-refractivity contribution in [3.8, 4) is 0 Å².